The van der Waals surface area contributed by atoms with Crippen LogP contribution < -0.4 is 10.9 Å². The molecule has 0 unspecified atom stereocenters. The Bertz CT molecular complexity index is 3380. The van der Waals surface area contributed by atoms with Gasteiger partial charge in [0.05, 0.1) is 45.7 Å². The van der Waals surface area contributed by atoms with Crippen molar-refractivity contribution in [3.63, 3.8) is 0 Å². The fraction of sp³-hybridized carbons (Fsp3) is 0.242. The lowest BCUT2D eigenvalue weighted by molar-refractivity contribution is 0.00578. The van der Waals surface area contributed by atoms with Crippen molar-refractivity contribution in [2.75, 3.05) is 0 Å². The molecule has 0 saturated carbocycles. The summed E-state index contributed by atoms with van der Waals surface area (Å²) in [4.78, 5) is 15.0. The molecule has 360 valence electrons. The summed E-state index contributed by atoms with van der Waals surface area (Å²) < 4.78 is 25.3. The molecule has 1 aromatic heterocycles. The lowest BCUT2D eigenvalue weighted by Crippen LogP contribution is -2.41. The highest BCUT2D eigenvalue weighted by Gasteiger charge is 2.53. The molecule has 0 atom stereocenters. The Hall–Kier alpha value is -7.50. The normalized spacial score (nSPS) is 17.2. The van der Waals surface area contributed by atoms with E-state index in [1.807, 2.05) is 109 Å². The van der Waals surface area contributed by atoms with Crippen molar-refractivity contribution in [3.05, 3.63) is 186 Å². The highest BCUT2D eigenvalue weighted by atomic mass is 16.7. The van der Waals surface area contributed by atoms with Crippen molar-refractivity contribution in [1.82, 2.24) is 15.0 Å². The van der Waals surface area contributed by atoms with E-state index in [-0.39, 0.29) is 23.7 Å². The second-order valence-electron chi connectivity index (χ2n) is 21.6. The van der Waals surface area contributed by atoms with Gasteiger partial charge in [-0.1, -0.05) is 141 Å². The van der Waals surface area contributed by atoms with Crippen LogP contribution in [-0.4, -0.2) is 51.6 Å². The van der Waals surface area contributed by atoms with E-state index in [9.17, 15) is 5.26 Å². The van der Waals surface area contributed by atoms with E-state index >= 15 is 0 Å². The highest BCUT2D eigenvalue weighted by molar-refractivity contribution is 6.62. The zero-order valence-corrected chi connectivity index (χ0v) is 43.1. The van der Waals surface area contributed by atoms with Crippen molar-refractivity contribution in [2.24, 2.45) is 0 Å². The molecule has 0 N–H and O–H groups in total. The average Bonchev–Trinajstić information content (AvgIpc) is 3.87. The molecule has 0 amide bonds. The number of nitrogens with zero attached hydrogens (tertiary/aromatic N) is 5. The summed E-state index contributed by atoms with van der Waals surface area (Å²) >= 11 is 0. The van der Waals surface area contributed by atoms with E-state index in [2.05, 4.69) is 136 Å². The Morgan fingerprint density at radius 3 is 1.25 bits per heavy atom. The van der Waals surface area contributed by atoms with Crippen LogP contribution in [0.2, 0.25) is 0 Å². The van der Waals surface area contributed by atoms with Crippen LogP contribution in [0.4, 0.5) is 0 Å². The minimum absolute atomic E-state index is 0.275. The SMILES string of the molecule is CC1(C)OB(c2ccc(-c3ccc(C#N)cc3)cc2)OC1(C)C.CC1(C)c2cc(C#N)ccc2-c2ccc(-c3cc(B4OC(C)(C)C(C)(C)O4)cc(-c4nc(-c5ccccc5)nc(-c5ccccc5)n4)c3)cc21. The molecule has 7 aromatic carbocycles. The third-order valence-electron chi connectivity index (χ3n) is 15.4. The molecule has 3 aliphatic rings. The zero-order valence-electron chi connectivity index (χ0n) is 43.1. The minimum atomic E-state index is -0.581. The zero-order chi connectivity index (χ0) is 51.5. The molecule has 11 rings (SSSR count). The van der Waals surface area contributed by atoms with Crippen LogP contribution in [0.15, 0.2) is 164 Å². The first kappa shape index (κ1) is 49.1. The first-order chi connectivity index (χ1) is 34.8. The lowest BCUT2D eigenvalue weighted by Gasteiger charge is -2.32. The number of aromatic nitrogens is 3. The fourth-order valence-electron chi connectivity index (χ4n) is 9.54. The molecule has 8 aromatic rings. The van der Waals surface area contributed by atoms with Gasteiger partial charge in [0.25, 0.3) is 0 Å². The maximum atomic E-state index is 9.63. The number of fused-ring (bicyclic) bond motifs is 3. The molecule has 3 heterocycles. The van der Waals surface area contributed by atoms with Crippen molar-refractivity contribution < 1.29 is 18.6 Å². The molecular formula is C62H57B2N5O4. The number of hydrogen-bond donors (Lipinski definition) is 0. The number of hydrogen-bond acceptors (Lipinski definition) is 9. The fourth-order valence-corrected chi connectivity index (χ4v) is 9.54. The molecule has 2 saturated heterocycles. The molecule has 9 nitrogen and oxygen atoms in total. The monoisotopic (exact) mass is 957 g/mol. The van der Waals surface area contributed by atoms with Crippen LogP contribution >= 0.6 is 0 Å². The number of benzene rings is 7. The van der Waals surface area contributed by atoms with E-state index in [0.717, 1.165) is 49.9 Å². The summed E-state index contributed by atoms with van der Waals surface area (Å²) in [5.74, 6) is 1.77. The maximum absolute atomic E-state index is 9.63. The summed E-state index contributed by atoms with van der Waals surface area (Å²) in [6.45, 7) is 21.0. The van der Waals surface area contributed by atoms with Gasteiger partial charge in [0.2, 0.25) is 0 Å². The van der Waals surface area contributed by atoms with E-state index in [1.54, 1.807) is 0 Å². The van der Waals surface area contributed by atoms with Gasteiger partial charge in [0.1, 0.15) is 0 Å². The van der Waals surface area contributed by atoms with Crippen LogP contribution in [0.1, 0.15) is 91.5 Å². The van der Waals surface area contributed by atoms with Crippen LogP contribution in [0, 0.1) is 22.7 Å². The number of rotatable bonds is 7. The quantitative estimate of drug-likeness (QED) is 0.144. The van der Waals surface area contributed by atoms with Crippen molar-refractivity contribution in [2.45, 2.75) is 97.1 Å². The summed E-state index contributed by atoms with van der Waals surface area (Å²) in [6.07, 6.45) is 0. The standard InChI is InChI=1S/C43H37BN4O2.C19H20BNO2/c1-41(2)36-21-27(26-45)17-19-34(36)35-20-18-30(25-37(35)41)31-22-32(24-33(23-31)44-49-42(3,4)43(5,6)50-44)40-47-38(28-13-9-7-10-14-28)46-39(48-40)29-15-11-8-12-16-29;1-18(2)19(3,4)23-20(22-18)17-11-9-16(10-12-17)15-7-5-14(13-21)6-8-15/h7-25H,1-6H3;5-12H,1-4H3. The van der Waals surface area contributed by atoms with Gasteiger partial charge >= 0.3 is 14.2 Å². The summed E-state index contributed by atoms with van der Waals surface area (Å²) in [5.41, 5.74) is 13.0. The molecule has 73 heavy (non-hydrogen) atoms. The van der Waals surface area contributed by atoms with Crippen LogP contribution in [-0.2, 0) is 24.0 Å². The van der Waals surface area contributed by atoms with Crippen LogP contribution in [0.25, 0.3) is 67.5 Å². The molecule has 1 aliphatic carbocycles. The van der Waals surface area contributed by atoms with Gasteiger partial charge in [-0.25, -0.2) is 15.0 Å². The predicted molar refractivity (Wildman–Crippen MR) is 292 cm³/mol. The largest absolute Gasteiger partial charge is 0.494 e. The van der Waals surface area contributed by atoms with Gasteiger partial charge in [-0.2, -0.15) is 10.5 Å². The Kier molecular flexibility index (Phi) is 12.5. The lowest BCUT2D eigenvalue weighted by atomic mass is 9.76. The third-order valence-corrected chi connectivity index (χ3v) is 15.4. The van der Waals surface area contributed by atoms with Gasteiger partial charge in [-0.3, -0.25) is 0 Å². The minimum Gasteiger partial charge on any atom is -0.399 e. The Labute approximate surface area is 430 Å². The van der Waals surface area contributed by atoms with Gasteiger partial charge in [0.15, 0.2) is 17.5 Å². The Balaban J connectivity index is 0.000000222. The van der Waals surface area contributed by atoms with Gasteiger partial charge in [-0.15, -0.1) is 0 Å². The van der Waals surface area contributed by atoms with E-state index in [0.29, 0.717) is 28.6 Å². The predicted octanol–water partition coefficient (Wildman–Crippen LogP) is 12.5. The van der Waals surface area contributed by atoms with Gasteiger partial charge in [-0.05, 0) is 147 Å². The smallest absolute Gasteiger partial charge is 0.399 e. The van der Waals surface area contributed by atoms with Gasteiger partial charge < -0.3 is 18.6 Å². The van der Waals surface area contributed by atoms with Crippen LogP contribution in [0.3, 0.4) is 0 Å². The first-order valence-corrected chi connectivity index (χ1v) is 24.8. The average molecular weight is 958 g/mol. The molecule has 0 spiro atoms. The number of nitriles is 2. The summed E-state index contributed by atoms with van der Waals surface area (Å²) in [5, 5.41) is 18.5. The van der Waals surface area contributed by atoms with Crippen LogP contribution in [0.5, 0.6) is 0 Å². The van der Waals surface area contributed by atoms with E-state index in [4.69, 9.17) is 38.8 Å². The van der Waals surface area contributed by atoms with Crippen molar-refractivity contribution in [1.29, 1.82) is 10.5 Å². The van der Waals surface area contributed by atoms with Gasteiger partial charge in [0, 0.05) is 22.1 Å². The molecule has 2 aliphatic heterocycles. The third kappa shape index (κ3) is 9.31. The van der Waals surface area contributed by atoms with E-state index in [1.165, 1.54) is 22.3 Å². The molecule has 0 radical (unpaired) electrons. The Morgan fingerprint density at radius 1 is 0.356 bits per heavy atom. The maximum Gasteiger partial charge on any atom is 0.494 e. The first-order valence-electron chi connectivity index (χ1n) is 24.8. The van der Waals surface area contributed by atoms with E-state index < -0.39 is 18.3 Å². The van der Waals surface area contributed by atoms with Crippen molar-refractivity contribution in [3.8, 4) is 79.7 Å². The molecule has 2 fully saturated rings. The second kappa shape index (κ2) is 18.5. The van der Waals surface area contributed by atoms with Crippen molar-refractivity contribution >= 4 is 25.2 Å². The topological polar surface area (TPSA) is 123 Å². The highest BCUT2D eigenvalue weighted by Crippen LogP contribution is 2.50. The second-order valence-corrected chi connectivity index (χ2v) is 21.6. The molecular weight excluding hydrogens is 900 g/mol. The molecule has 11 heteroatoms. The molecule has 0 bridgehead atoms. The summed E-state index contributed by atoms with van der Waals surface area (Å²) in [7, 11) is -0.919. The Morgan fingerprint density at radius 2 is 0.753 bits per heavy atom. The summed E-state index contributed by atoms with van der Waals surface area (Å²) in [6, 6.07) is 59.3.